The quantitative estimate of drug-likeness (QED) is 0.450. The average Bonchev–Trinajstić information content (AvgIpc) is 3.17. The zero-order valence-corrected chi connectivity index (χ0v) is 19.6. The van der Waals surface area contributed by atoms with Gasteiger partial charge in [-0.15, -0.1) is 10.2 Å². The van der Waals surface area contributed by atoms with E-state index < -0.39 is 0 Å². The molecule has 0 radical (unpaired) electrons. The molecular formula is C23H27ClN4O2S. The van der Waals surface area contributed by atoms with Crippen molar-refractivity contribution >= 4 is 29.3 Å². The summed E-state index contributed by atoms with van der Waals surface area (Å²) in [5.74, 6) is 1.75. The number of benzene rings is 2. The number of carbonyl (C=O) groups is 1. The van der Waals surface area contributed by atoms with Gasteiger partial charge in [0.15, 0.2) is 11.0 Å². The van der Waals surface area contributed by atoms with Crippen LogP contribution in [0.5, 0.6) is 5.75 Å². The molecule has 1 amide bonds. The molecule has 2 aromatic carbocycles. The van der Waals surface area contributed by atoms with Gasteiger partial charge in [-0.05, 0) is 56.0 Å². The third-order valence-corrected chi connectivity index (χ3v) is 6.36. The minimum absolute atomic E-state index is 0.0171. The van der Waals surface area contributed by atoms with Crippen LogP contribution in [0.25, 0.3) is 0 Å². The normalized spacial score (nSPS) is 10.8. The van der Waals surface area contributed by atoms with Gasteiger partial charge in [-0.2, -0.15) is 0 Å². The Bertz CT molecular complexity index is 1000. The number of thioether (sulfide) groups is 1. The monoisotopic (exact) mass is 458 g/mol. The van der Waals surface area contributed by atoms with Crippen molar-refractivity contribution in [3.63, 3.8) is 0 Å². The molecule has 8 heteroatoms. The van der Waals surface area contributed by atoms with E-state index in [4.69, 9.17) is 16.3 Å². The highest BCUT2D eigenvalue weighted by Gasteiger charge is 2.14. The molecular weight excluding hydrogens is 432 g/mol. The lowest BCUT2D eigenvalue weighted by Crippen LogP contribution is -2.27. The number of hydrogen-bond donors (Lipinski definition) is 1. The molecule has 0 fully saturated rings. The highest BCUT2D eigenvalue weighted by atomic mass is 35.5. The number of carbonyl (C=O) groups excluding carboxylic acids is 1. The van der Waals surface area contributed by atoms with E-state index in [1.165, 1.54) is 17.3 Å². The number of nitrogens with one attached hydrogen (secondary N) is 1. The molecule has 164 valence electrons. The number of ether oxygens (including phenoxy) is 1. The Morgan fingerprint density at radius 2 is 1.87 bits per heavy atom. The van der Waals surface area contributed by atoms with E-state index in [0.717, 1.165) is 34.1 Å². The second-order valence-electron chi connectivity index (χ2n) is 7.18. The van der Waals surface area contributed by atoms with Crippen LogP contribution < -0.4 is 10.1 Å². The predicted molar refractivity (Wildman–Crippen MR) is 125 cm³/mol. The second kappa shape index (κ2) is 11.2. The third-order valence-electron chi connectivity index (χ3n) is 4.80. The van der Waals surface area contributed by atoms with Gasteiger partial charge in [-0.3, -0.25) is 4.79 Å². The molecule has 3 rings (SSSR count). The van der Waals surface area contributed by atoms with Gasteiger partial charge in [0, 0.05) is 18.1 Å². The maximum Gasteiger partial charge on any atom is 0.230 e. The van der Waals surface area contributed by atoms with Gasteiger partial charge in [0.25, 0.3) is 0 Å². The molecule has 6 nitrogen and oxygen atoms in total. The van der Waals surface area contributed by atoms with Gasteiger partial charge in [0.05, 0.1) is 5.75 Å². The van der Waals surface area contributed by atoms with Crippen molar-refractivity contribution in [2.75, 3.05) is 12.3 Å². The lowest BCUT2D eigenvalue weighted by atomic mass is 10.1. The first-order valence-electron chi connectivity index (χ1n) is 10.2. The first kappa shape index (κ1) is 23.2. The number of halogens is 1. The SMILES string of the molecule is CCn1c(COc2cc(C)c(Cl)c(C)c2)nnc1SCC(=O)NCCc1ccccc1. The van der Waals surface area contributed by atoms with Gasteiger partial charge >= 0.3 is 0 Å². The second-order valence-corrected chi connectivity index (χ2v) is 8.50. The number of aromatic nitrogens is 3. The van der Waals surface area contributed by atoms with Gasteiger partial charge in [0.2, 0.25) is 5.91 Å². The Balaban J connectivity index is 1.50. The molecule has 3 aromatic rings. The summed E-state index contributed by atoms with van der Waals surface area (Å²) in [5, 5.41) is 12.9. The molecule has 1 aromatic heterocycles. The van der Waals surface area contributed by atoms with Crippen LogP contribution in [0.2, 0.25) is 5.02 Å². The van der Waals surface area contributed by atoms with Gasteiger partial charge < -0.3 is 14.6 Å². The van der Waals surface area contributed by atoms with E-state index in [1.807, 2.05) is 55.7 Å². The van der Waals surface area contributed by atoms with E-state index in [2.05, 4.69) is 27.6 Å². The van der Waals surface area contributed by atoms with Crippen molar-refractivity contribution < 1.29 is 9.53 Å². The summed E-state index contributed by atoms with van der Waals surface area (Å²) in [4.78, 5) is 12.2. The molecule has 1 heterocycles. The topological polar surface area (TPSA) is 69.0 Å². The zero-order valence-electron chi connectivity index (χ0n) is 18.0. The molecule has 1 N–H and O–H groups in total. The van der Waals surface area contributed by atoms with Gasteiger partial charge in [-0.1, -0.05) is 53.7 Å². The Hall–Kier alpha value is -2.51. The molecule has 0 aliphatic carbocycles. The molecule has 0 bridgehead atoms. The minimum atomic E-state index is -0.0171. The summed E-state index contributed by atoms with van der Waals surface area (Å²) in [6, 6.07) is 13.9. The van der Waals surface area contributed by atoms with Crippen molar-refractivity contribution in [1.29, 1.82) is 0 Å². The Kier molecular flexibility index (Phi) is 8.37. The Labute approximate surface area is 192 Å². The van der Waals surface area contributed by atoms with E-state index >= 15 is 0 Å². The fourth-order valence-corrected chi connectivity index (χ4v) is 4.12. The van der Waals surface area contributed by atoms with Crippen molar-refractivity contribution in [3.8, 4) is 5.75 Å². The van der Waals surface area contributed by atoms with Crippen molar-refractivity contribution in [1.82, 2.24) is 20.1 Å². The van der Waals surface area contributed by atoms with E-state index in [1.54, 1.807) is 0 Å². The molecule has 0 atom stereocenters. The van der Waals surface area contributed by atoms with E-state index in [0.29, 0.717) is 30.6 Å². The number of hydrogen-bond acceptors (Lipinski definition) is 5. The van der Waals surface area contributed by atoms with Crippen molar-refractivity contribution in [3.05, 3.63) is 70.0 Å². The highest BCUT2D eigenvalue weighted by Crippen LogP contribution is 2.26. The van der Waals surface area contributed by atoms with Crippen LogP contribution >= 0.6 is 23.4 Å². The lowest BCUT2D eigenvalue weighted by Gasteiger charge is -2.11. The highest BCUT2D eigenvalue weighted by molar-refractivity contribution is 7.99. The third kappa shape index (κ3) is 6.48. The molecule has 0 aliphatic rings. The van der Waals surface area contributed by atoms with Crippen LogP contribution in [0.3, 0.4) is 0 Å². The summed E-state index contributed by atoms with van der Waals surface area (Å²) in [6.07, 6.45) is 0.813. The van der Waals surface area contributed by atoms with Crippen LogP contribution in [0.4, 0.5) is 0 Å². The molecule has 0 aliphatic heterocycles. The van der Waals surface area contributed by atoms with Gasteiger partial charge in [-0.25, -0.2) is 0 Å². The number of aryl methyl sites for hydroxylation is 2. The van der Waals surface area contributed by atoms with Crippen LogP contribution in [0.15, 0.2) is 47.6 Å². The maximum atomic E-state index is 12.2. The summed E-state index contributed by atoms with van der Waals surface area (Å²) < 4.78 is 7.88. The van der Waals surface area contributed by atoms with Crippen molar-refractivity contribution in [2.24, 2.45) is 0 Å². The van der Waals surface area contributed by atoms with Crippen LogP contribution in [0.1, 0.15) is 29.4 Å². The smallest absolute Gasteiger partial charge is 0.230 e. The predicted octanol–water partition coefficient (Wildman–Crippen LogP) is 4.60. The first-order valence-corrected chi connectivity index (χ1v) is 11.6. The molecule has 0 unspecified atom stereocenters. The van der Waals surface area contributed by atoms with Gasteiger partial charge in [0.1, 0.15) is 12.4 Å². The lowest BCUT2D eigenvalue weighted by molar-refractivity contribution is -0.118. The summed E-state index contributed by atoms with van der Waals surface area (Å²) in [7, 11) is 0. The fraction of sp³-hybridized carbons (Fsp3) is 0.348. The number of amides is 1. The molecule has 31 heavy (non-hydrogen) atoms. The largest absolute Gasteiger partial charge is 0.486 e. The molecule has 0 spiro atoms. The zero-order chi connectivity index (χ0) is 22.2. The number of nitrogens with zero attached hydrogens (tertiary/aromatic N) is 3. The average molecular weight is 459 g/mol. The molecule has 0 saturated heterocycles. The van der Waals surface area contributed by atoms with Crippen molar-refractivity contribution in [2.45, 2.75) is 45.5 Å². The standard InChI is InChI=1S/C23H27ClN4O2S/c1-4-28-20(14-30-19-12-16(2)22(24)17(3)13-19)26-27-23(28)31-15-21(29)25-11-10-18-8-6-5-7-9-18/h5-9,12-13H,4,10-11,14-15H2,1-3H3,(H,25,29). The van der Waals surface area contributed by atoms with E-state index in [9.17, 15) is 4.79 Å². The van der Waals surface area contributed by atoms with Crippen LogP contribution in [-0.2, 0) is 24.4 Å². The summed E-state index contributed by atoms with van der Waals surface area (Å²) >= 11 is 7.60. The Morgan fingerprint density at radius 3 is 2.55 bits per heavy atom. The first-order chi connectivity index (χ1) is 15.0. The fourth-order valence-electron chi connectivity index (χ4n) is 3.16. The Morgan fingerprint density at radius 1 is 1.16 bits per heavy atom. The maximum absolute atomic E-state index is 12.2. The summed E-state index contributed by atoms with van der Waals surface area (Å²) in [6.45, 7) is 7.54. The molecule has 0 saturated carbocycles. The van der Waals surface area contributed by atoms with Crippen LogP contribution in [-0.4, -0.2) is 33.0 Å². The van der Waals surface area contributed by atoms with E-state index in [-0.39, 0.29) is 5.91 Å². The van der Waals surface area contributed by atoms with Crippen LogP contribution in [0, 0.1) is 13.8 Å². The number of rotatable bonds is 10. The summed E-state index contributed by atoms with van der Waals surface area (Å²) in [5.41, 5.74) is 3.16. The minimum Gasteiger partial charge on any atom is -0.486 e.